The minimum Gasteiger partial charge on any atom is -0.461 e. The fraction of sp³-hybridized carbons (Fsp3) is 0.250. The van der Waals surface area contributed by atoms with Gasteiger partial charge in [0.05, 0.1) is 0 Å². The van der Waals surface area contributed by atoms with Crippen LogP contribution in [0.5, 0.6) is 0 Å². The van der Waals surface area contributed by atoms with Gasteiger partial charge >= 0.3 is 0 Å². The molecule has 3 rings (SSSR count). The molecular formula is C12H11N2-. The average Bonchev–Trinajstić information content (AvgIpc) is 2.18. The third kappa shape index (κ3) is 1.00. The van der Waals surface area contributed by atoms with Crippen molar-refractivity contribution in [1.29, 1.82) is 0 Å². The van der Waals surface area contributed by atoms with Gasteiger partial charge in [0.25, 0.3) is 0 Å². The highest BCUT2D eigenvalue weighted by Gasteiger charge is 2.25. The van der Waals surface area contributed by atoms with E-state index in [1.165, 1.54) is 5.57 Å². The van der Waals surface area contributed by atoms with Gasteiger partial charge in [0.1, 0.15) is 0 Å². The fourth-order valence-electron chi connectivity index (χ4n) is 2.21. The second-order valence-electron chi connectivity index (χ2n) is 3.76. The first kappa shape index (κ1) is 7.80. The molecule has 70 valence electrons. The summed E-state index contributed by atoms with van der Waals surface area (Å²) in [7, 11) is 0. The summed E-state index contributed by atoms with van der Waals surface area (Å²) in [6.45, 7) is 1.96. The van der Waals surface area contributed by atoms with E-state index in [0.717, 1.165) is 11.5 Å². The largest absolute Gasteiger partial charge is 0.461 e. The van der Waals surface area contributed by atoms with E-state index in [1.54, 1.807) is 0 Å². The van der Waals surface area contributed by atoms with E-state index in [4.69, 9.17) is 0 Å². The van der Waals surface area contributed by atoms with Crippen LogP contribution in [-0.2, 0) is 0 Å². The molecule has 0 saturated carbocycles. The summed E-state index contributed by atoms with van der Waals surface area (Å²) in [4.78, 5) is 4.47. The van der Waals surface area contributed by atoms with Gasteiger partial charge in [-0.25, -0.2) is 0 Å². The highest BCUT2D eigenvalue weighted by Crippen LogP contribution is 2.39. The Kier molecular flexibility index (Phi) is 1.51. The average molecular weight is 183 g/mol. The van der Waals surface area contributed by atoms with Crippen LogP contribution in [0.4, 0.5) is 0 Å². The van der Waals surface area contributed by atoms with E-state index in [1.807, 2.05) is 6.92 Å². The van der Waals surface area contributed by atoms with Crippen LogP contribution in [0.15, 0.2) is 52.7 Å². The van der Waals surface area contributed by atoms with Gasteiger partial charge in [-0.1, -0.05) is 48.0 Å². The number of nitrogens with zero attached hydrogens (tertiary/aromatic N) is 2. The fourth-order valence-corrected chi connectivity index (χ4v) is 2.21. The third-order valence-corrected chi connectivity index (χ3v) is 2.80. The van der Waals surface area contributed by atoms with E-state index in [-0.39, 0.29) is 6.04 Å². The quantitative estimate of drug-likeness (QED) is 0.552. The van der Waals surface area contributed by atoms with Crippen molar-refractivity contribution in [3.05, 3.63) is 53.0 Å². The van der Waals surface area contributed by atoms with Crippen molar-refractivity contribution in [3.8, 4) is 0 Å². The van der Waals surface area contributed by atoms with Gasteiger partial charge in [-0.3, -0.25) is 0 Å². The summed E-state index contributed by atoms with van der Waals surface area (Å²) in [5.41, 5.74) is 2.48. The molecule has 1 heterocycles. The second kappa shape index (κ2) is 2.71. The highest BCUT2D eigenvalue weighted by atomic mass is 15.1. The van der Waals surface area contributed by atoms with Crippen LogP contribution in [0.2, 0.25) is 0 Å². The van der Waals surface area contributed by atoms with Crippen molar-refractivity contribution in [3.63, 3.8) is 0 Å². The first-order chi connectivity index (χ1) is 6.84. The number of hydrogen-bond donors (Lipinski definition) is 0. The first-order valence-corrected chi connectivity index (χ1v) is 4.87. The molecule has 0 saturated heterocycles. The molecule has 0 aromatic carbocycles. The predicted octanol–water partition coefficient (Wildman–Crippen LogP) is 2.73. The third-order valence-electron chi connectivity index (χ3n) is 2.80. The molecule has 2 aliphatic carbocycles. The van der Waals surface area contributed by atoms with E-state index in [9.17, 15) is 0 Å². The maximum Gasteiger partial charge on any atom is 0.0107 e. The van der Waals surface area contributed by atoms with Crippen LogP contribution in [0.25, 0.3) is 5.32 Å². The normalized spacial score (nSPS) is 32.5. The Hall–Kier alpha value is -1.57. The van der Waals surface area contributed by atoms with Gasteiger partial charge in [0.15, 0.2) is 0 Å². The Balaban J connectivity index is 2.15. The second-order valence-corrected chi connectivity index (χ2v) is 3.76. The highest BCUT2D eigenvalue weighted by molar-refractivity contribution is 5.95. The molecule has 0 N–H and O–H groups in total. The van der Waals surface area contributed by atoms with Crippen molar-refractivity contribution in [2.75, 3.05) is 0 Å². The lowest BCUT2D eigenvalue weighted by Gasteiger charge is -2.42. The van der Waals surface area contributed by atoms with Gasteiger partial charge in [0, 0.05) is 5.92 Å². The van der Waals surface area contributed by atoms with Crippen LogP contribution >= 0.6 is 0 Å². The van der Waals surface area contributed by atoms with Crippen molar-refractivity contribution >= 4 is 5.84 Å². The van der Waals surface area contributed by atoms with Crippen molar-refractivity contribution in [2.24, 2.45) is 10.9 Å². The summed E-state index contributed by atoms with van der Waals surface area (Å²) in [6.07, 6.45) is 12.7. The lowest BCUT2D eigenvalue weighted by Crippen LogP contribution is -2.29. The minimum absolute atomic E-state index is 0.267. The first-order valence-electron chi connectivity index (χ1n) is 4.87. The number of hydrogen-bond acceptors (Lipinski definition) is 1. The SMILES string of the molecule is CC1=NC2=CC=CC3=CC=CC([N-]1)C32. The standard InChI is InChI=1S/C12H11N2/c1-8-13-10-6-2-4-9-5-3-7-11(14-8)12(9)10/h2-7,10,12H,1H3/q-1. The number of amidine groups is 1. The summed E-state index contributed by atoms with van der Waals surface area (Å²) < 4.78 is 0. The summed E-state index contributed by atoms with van der Waals surface area (Å²) in [5, 5.41) is 4.53. The summed E-state index contributed by atoms with van der Waals surface area (Å²) in [5.74, 6) is 1.26. The maximum absolute atomic E-state index is 4.53. The summed E-state index contributed by atoms with van der Waals surface area (Å²) >= 11 is 0. The van der Waals surface area contributed by atoms with Gasteiger partial charge in [0.2, 0.25) is 0 Å². The Bertz CT molecular complexity index is 422. The Labute approximate surface area is 83.4 Å². The van der Waals surface area contributed by atoms with Crippen molar-refractivity contribution in [1.82, 2.24) is 0 Å². The van der Waals surface area contributed by atoms with E-state index in [2.05, 4.69) is 46.8 Å². The lowest BCUT2D eigenvalue weighted by molar-refractivity contribution is 0.658. The van der Waals surface area contributed by atoms with E-state index in [0.29, 0.717) is 5.92 Å². The van der Waals surface area contributed by atoms with E-state index < -0.39 is 0 Å². The molecule has 0 radical (unpaired) electrons. The van der Waals surface area contributed by atoms with Crippen LogP contribution in [0, 0.1) is 5.92 Å². The molecule has 0 fully saturated rings. The van der Waals surface area contributed by atoms with Gasteiger partial charge in [-0.2, -0.15) is 0 Å². The Morgan fingerprint density at radius 1 is 1.29 bits per heavy atom. The zero-order valence-corrected chi connectivity index (χ0v) is 8.01. The van der Waals surface area contributed by atoms with Crippen molar-refractivity contribution in [2.45, 2.75) is 13.0 Å². The van der Waals surface area contributed by atoms with Gasteiger partial charge in [-0.05, 0) is 18.5 Å². The predicted molar refractivity (Wildman–Crippen MR) is 58.2 cm³/mol. The van der Waals surface area contributed by atoms with Crippen LogP contribution in [0.1, 0.15) is 6.92 Å². The lowest BCUT2D eigenvalue weighted by atomic mass is 9.81. The molecule has 2 nitrogen and oxygen atoms in total. The van der Waals surface area contributed by atoms with Gasteiger partial charge < -0.3 is 10.3 Å². The zero-order valence-electron chi connectivity index (χ0n) is 8.01. The molecule has 14 heavy (non-hydrogen) atoms. The molecule has 2 atom stereocenters. The Morgan fingerprint density at radius 3 is 3.14 bits per heavy atom. The topological polar surface area (TPSA) is 26.5 Å². The van der Waals surface area contributed by atoms with Gasteiger partial charge in [-0.15, -0.1) is 0 Å². The maximum atomic E-state index is 4.53. The molecule has 2 unspecified atom stereocenters. The van der Waals surface area contributed by atoms with Crippen molar-refractivity contribution < 1.29 is 0 Å². The molecular weight excluding hydrogens is 172 g/mol. The molecule has 2 heteroatoms. The molecule has 0 spiro atoms. The monoisotopic (exact) mass is 183 g/mol. The van der Waals surface area contributed by atoms with Crippen LogP contribution in [0.3, 0.4) is 0 Å². The minimum atomic E-state index is 0.267. The number of allylic oxidation sites excluding steroid dienone is 5. The molecule has 0 aromatic heterocycles. The molecule has 0 aromatic rings. The Morgan fingerprint density at radius 2 is 2.21 bits per heavy atom. The molecule has 0 bridgehead atoms. The smallest absolute Gasteiger partial charge is 0.0107 e. The van der Waals surface area contributed by atoms with E-state index >= 15 is 0 Å². The zero-order chi connectivity index (χ0) is 9.54. The molecule has 0 amide bonds. The summed E-state index contributed by atoms with van der Waals surface area (Å²) in [6, 6.07) is 0.267. The molecule has 3 aliphatic rings. The van der Waals surface area contributed by atoms with Crippen LogP contribution < -0.4 is 0 Å². The molecule has 1 aliphatic heterocycles. The number of rotatable bonds is 0. The van der Waals surface area contributed by atoms with Crippen LogP contribution in [-0.4, -0.2) is 11.9 Å². The number of aliphatic imine (C=N–C) groups is 1.